The van der Waals surface area contributed by atoms with Crippen LogP contribution in [0.5, 0.6) is 5.75 Å². The number of ether oxygens (including phenoxy) is 2. The van der Waals surface area contributed by atoms with E-state index in [1.165, 1.54) is 19.2 Å². The van der Waals surface area contributed by atoms with Crippen LogP contribution in [0, 0.1) is 26.6 Å². The van der Waals surface area contributed by atoms with Crippen LogP contribution in [0.1, 0.15) is 23.6 Å². The molecule has 0 bridgehead atoms. The normalized spacial score (nSPS) is 11.2. The predicted molar refractivity (Wildman–Crippen MR) is 105 cm³/mol. The minimum atomic E-state index is -4.24. The maximum atomic E-state index is 14.1. The number of rotatable bonds is 7. The zero-order valence-corrected chi connectivity index (χ0v) is 17.4. The van der Waals surface area contributed by atoms with Gasteiger partial charge in [-0.05, 0) is 57.0 Å². The first kappa shape index (κ1) is 21.7. The maximum absolute atomic E-state index is 14.1. The summed E-state index contributed by atoms with van der Waals surface area (Å²) in [6.45, 7) is 6.66. The summed E-state index contributed by atoms with van der Waals surface area (Å²) in [4.78, 5) is 11.9. The van der Waals surface area contributed by atoms with E-state index in [2.05, 4.69) is 0 Å². The minimum Gasteiger partial charge on any atom is -0.494 e. The van der Waals surface area contributed by atoms with Gasteiger partial charge in [-0.1, -0.05) is 17.7 Å². The molecule has 0 aliphatic carbocycles. The summed E-state index contributed by atoms with van der Waals surface area (Å²) in [5.74, 6) is -1.57. The number of carbonyl (C=O) groups is 1. The van der Waals surface area contributed by atoms with Crippen molar-refractivity contribution in [2.24, 2.45) is 0 Å². The molecule has 2 aromatic carbocycles. The van der Waals surface area contributed by atoms with E-state index in [1.54, 1.807) is 20.8 Å². The predicted octanol–water partition coefficient (Wildman–Crippen LogP) is 3.52. The lowest BCUT2D eigenvalue weighted by Crippen LogP contribution is -2.37. The third-order valence-corrected chi connectivity index (χ3v) is 5.92. The third kappa shape index (κ3) is 4.44. The molecule has 2 aromatic rings. The number of anilines is 1. The molecule has 2 rings (SSSR count). The van der Waals surface area contributed by atoms with Crippen LogP contribution >= 0.6 is 0 Å². The van der Waals surface area contributed by atoms with Gasteiger partial charge in [0, 0.05) is 0 Å². The number of sulfonamides is 1. The number of benzene rings is 2. The number of carbonyl (C=O) groups excluding carboxylic acids is 1. The fourth-order valence-electron chi connectivity index (χ4n) is 3.11. The van der Waals surface area contributed by atoms with Crippen molar-refractivity contribution in [2.45, 2.75) is 32.6 Å². The molecule has 8 heteroatoms. The van der Waals surface area contributed by atoms with E-state index in [0.717, 1.165) is 15.9 Å². The van der Waals surface area contributed by atoms with E-state index >= 15 is 0 Å². The van der Waals surface area contributed by atoms with Gasteiger partial charge in [-0.2, -0.15) is 0 Å². The Bertz CT molecular complexity index is 965. The van der Waals surface area contributed by atoms with E-state index in [0.29, 0.717) is 16.8 Å². The molecular formula is C20H24FNO5S. The smallest absolute Gasteiger partial charge is 0.326 e. The van der Waals surface area contributed by atoms with E-state index in [9.17, 15) is 17.6 Å². The minimum absolute atomic E-state index is 0.0708. The van der Waals surface area contributed by atoms with E-state index in [-0.39, 0.29) is 17.3 Å². The molecule has 0 aliphatic heterocycles. The van der Waals surface area contributed by atoms with Gasteiger partial charge >= 0.3 is 5.97 Å². The van der Waals surface area contributed by atoms with Gasteiger partial charge in [0.2, 0.25) is 0 Å². The average molecular weight is 409 g/mol. The second-order valence-electron chi connectivity index (χ2n) is 6.36. The highest BCUT2D eigenvalue weighted by Crippen LogP contribution is 2.32. The first-order valence-corrected chi connectivity index (χ1v) is 10.2. The second kappa shape index (κ2) is 8.60. The molecule has 0 heterocycles. The molecule has 0 aliphatic rings. The Kier molecular flexibility index (Phi) is 6.66. The van der Waals surface area contributed by atoms with Gasteiger partial charge < -0.3 is 9.47 Å². The van der Waals surface area contributed by atoms with Crippen molar-refractivity contribution >= 4 is 21.7 Å². The van der Waals surface area contributed by atoms with Crippen LogP contribution in [-0.4, -0.2) is 34.6 Å². The van der Waals surface area contributed by atoms with Crippen molar-refractivity contribution in [1.82, 2.24) is 0 Å². The molecule has 0 saturated carbocycles. The lowest BCUT2D eigenvalue weighted by Gasteiger charge is -2.27. The van der Waals surface area contributed by atoms with Gasteiger partial charge in [-0.3, -0.25) is 9.10 Å². The summed E-state index contributed by atoms with van der Waals surface area (Å²) in [6, 6.07) is 7.01. The van der Waals surface area contributed by atoms with Gasteiger partial charge in [-0.15, -0.1) is 0 Å². The summed E-state index contributed by atoms with van der Waals surface area (Å²) in [7, 11) is -2.95. The summed E-state index contributed by atoms with van der Waals surface area (Å²) in [5.41, 5.74) is 2.69. The summed E-state index contributed by atoms with van der Waals surface area (Å²) in [5, 5.41) is 0. The molecule has 6 nitrogen and oxygen atoms in total. The Morgan fingerprint density at radius 3 is 2.21 bits per heavy atom. The zero-order chi connectivity index (χ0) is 21.1. The highest BCUT2D eigenvalue weighted by molar-refractivity contribution is 7.92. The molecule has 0 unspecified atom stereocenters. The Hall–Kier alpha value is -2.61. The van der Waals surface area contributed by atoms with Gasteiger partial charge in [-0.25, -0.2) is 12.8 Å². The van der Waals surface area contributed by atoms with Crippen LogP contribution in [0.2, 0.25) is 0 Å². The Morgan fingerprint density at radius 1 is 1.11 bits per heavy atom. The molecule has 152 valence electrons. The van der Waals surface area contributed by atoms with Gasteiger partial charge in [0.15, 0.2) is 11.6 Å². The standard InChI is InChI=1S/C20H24FNO5S/c1-6-27-19(23)12-22(20-14(3)9-13(2)10-15(20)4)28(24,25)16-7-8-18(26-5)17(21)11-16/h7-11H,6,12H2,1-5H3. The van der Waals surface area contributed by atoms with Gasteiger partial charge in [0.05, 0.1) is 24.3 Å². The quantitative estimate of drug-likeness (QED) is 0.655. The summed E-state index contributed by atoms with van der Waals surface area (Å²) >= 11 is 0. The third-order valence-electron chi connectivity index (χ3n) is 4.17. The number of hydrogen-bond acceptors (Lipinski definition) is 5. The molecule has 0 radical (unpaired) electrons. The van der Waals surface area contributed by atoms with E-state index < -0.39 is 28.4 Å². The number of nitrogens with zero attached hydrogens (tertiary/aromatic N) is 1. The topological polar surface area (TPSA) is 72.9 Å². The number of esters is 1. The van der Waals surface area contributed by atoms with Crippen LogP contribution in [0.15, 0.2) is 35.2 Å². The molecule has 0 saturated heterocycles. The Balaban J connectivity index is 2.64. The van der Waals surface area contributed by atoms with Crippen LogP contribution in [0.3, 0.4) is 0 Å². The molecular weight excluding hydrogens is 385 g/mol. The Morgan fingerprint density at radius 2 is 1.71 bits per heavy atom. The van der Waals surface area contributed by atoms with Gasteiger partial charge in [0.25, 0.3) is 10.0 Å². The number of hydrogen-bond donors (Lipinski definition) is 0. The highest BCUT2D eigenvalue weighted by atomic mass is 32.2. The van der Waals surface area contributed by atoms with Crippen molar-refractivity contribution in [2.75, 3.05) is 24.6 Å². The van der Waals surface area contributed by atoms with Crippen molar-refractivity contribution in [3.8, 4) is 5.75 Å². The Labute approximate surface area is 164 Å². The SMILES string of the molecule is CCOC(=O)CN(c1c(C)cc(C)cc1C)S(=O)(=O)c1ccc(OC)c(F)c1. The fourth-order valence-corrected chi connectivity index (χ4v) is 4.66. The maximum Gasteiger partial charge on any atom is 0.326 e. The molecule has 0 fully saturated rings. The van der Waals surface area contributed by atoms with E-state index in [1.807, 2.05) is 19.1 Å². The lowest BCUT2D eigenvalue weighted by molar-refractivity contribution is -0.141. The summed E-state index contributed by atoms with van der Waals surface area (Å²) in [6.07, 6.45) is 0. The van der Waals surface area contributed by atoms with Crippen LogP contribution in [0.4, 0.5) is 10.1 Å². The molecule has 0 aromatic heterocycles. The van der Waals surface area contributed by atoms with Crippen molar-refractivity contribution < 1.29 is 27.1 Å². The average Bonchev–Trinajstić information content (AvgIpc) is 2.60. The highest BCUT2D eigenvalue weighted by Gasteiger charge is 2.30. The fraction of sp³-hybridized carbons (Fsp3) is 0.350. The lowest BCUT2D eigenvalue weighted by atomic mass is 10.1. The molecule has 0 amide bonds. The van der Waals surface area contributed by atoms with Crippen LogP contribution in [-0.2, 0) is 19.6 Å². The largest absolute Gasteiger partial charge is 0.494 e. The molecule has 28 heavy (non-hydrogen) atoms. The zero-order valence-electron chi connectivity index (χ0n) is 16.6. The van der Waals surface area contributed by atoms with Crippen molar-refractivity contribution in [1.29, 1.82) is 0 Å². The van der Waals surface area contributed by atoms with Crippen LogP contribution in [0.25, 0.3) is 0 Å². The van der Waals surface area contributed by atoms with Crippen molar-refractivity contribution in [3.63, 3.8) is 0 Å². The molecule has 0 N–H and O–H groups in total. The number of aryl methyl sites for hydroxylation is 3. The number of halogens is 1. The number of methoxy groups -OCH3 is 1. The molecule has 0 atom stereocenters. The van der Waals surface area contributed by atoms with Crippen LogP contribution < -0.4 is 9.04 Å². The van der Waals surface area contributed by atoms with E-state index in [4.69, 9.17) is 9.47 Å². The summed E-state index contributed by atoms with van der Waals surface area (Å²) < 4.78 is 51.6. The van der Waals surface area contributed by atoms with Gasteiger partial charge in [0.1, 0.15) is 6.54 Å². The monoisotopic (exact) mass is 409 g/mol. The first-order valence-electron chi connectivity index (χ1n) is 8.71. The second-order valence-corrected chi connectivity index (χ2v) is 8.22. The first-order chi connectivity index (χ1) is 13.1. The van der Waals surface area contributed by atoms with Crippen molar-refractivity contribution in [3.05, 3.63) is 52.8 Å². The molecule has 0 spiro atoms.